The zero-order chi connectivity index (χ0) is 13.3. The van der Waals surface area contributed by atoms with Gasteiger partial charge in [-0.05, 0) is 26.7 Å². The van der Waals surface area contributed by atoms with Crippen molar-refractivity contribution in [2.24, 2.45) is 0 Å². The average molecular weight is 238 g/mol. The Morgan fingerprint density at radius 2 is 1.94 bits per heavy atom. The molecule has 0 saturated heterocycles. The van der Waals surface area contributed by atoms with Crippen molar-refractivity contribution >= 4 is 0 Å². The van der Waals surface area contributed by atoms with E-state index in [-0.39, 0.29) is 6.61 Å². The lowest BCUT2D eigenvalue weighted by molar-refractivity contribution is 0.224. The summed E-state index contributed by atoms with van der Waals surface area (Å²) in [6.45, 7) is 18.3. The molecular formula is C14H26N2O. The highest BCUT2D eigenvalue weighted by Crippen LogP contribution is 2.10. The summed E-state index contributed by atoms with van der Waals surface area (Å²) in [6, 6.07) is 0. The van der Waals surface area contributed by atoms with Crippen molar-refractivity contribution < 1.29 is 5.11 Å². The Labute approximate surface area is 106 Å². The third-order valence-corrected chi connectivity index (χ3v) is 2.72. The van der Waals surface area contributed by atoms with Crippen LogP contribution in [-0.4, -0.2) is 36.2 Å². The van der Waals surface area contributed by atoms with Gasteiger partial charge >= 0.3 is 0 Å². The number of aliphatic hydroxyl groups excluding tert-OH is 1. The fourth-order valence-electron chi connectivity index (χ4n) is 1.46. The topological polar surface area (TPSA) is 35.5 Å². The van der Waals surface area contributed by atoms with E-state index in [2.05, 4.69) is 25.1 Å². The van der Waals surface area contributed by atoms with E-state index in [0.717, 1.165) is 42.9 Å². The van der Waals surface area contributed by atoms with Crippen molar-refractivity contribution in [1.82, 2.24) is 10.2 Å². The Morgan fingerprint density at radius 1 is 1.29 bits per heavy atom. The molecule has 0 fully saturated rings. The van der Waals surface area contributed by atoms with Gasteiger partial charge in [-0.15, -0.1) is 0 Å². The van der Waals surface area contributed by atoms with Crippen molar-refractivity contribution in [1.29, 1.82) is 0 Å². The highest BCUT2D eigenvalue weighted by Gasteiger charge is 2.03. The number of allylic oxidation sites excluding steroid dienone is 2. The number of rotatable bonds is 10. The first-order valence-electron chi connectivity index (χ1n) is 6.15. The summed E-state index contributed by atoms with van der Waals surface area (Å²) in [5.41, 5.74) is 2.17. The molecule has 0 amide bonds. The maximum absolute atomic E-state index is 8.89. The van der Waals surface area contributed by atoms with Crippen molar-refractivity contribution in [3.05, 3.63) is 36.7 Å². The molecule has 0 aromatic heterocycles. The van der Waals surface area contributed by atoms with Gasteiger partial charge in [0.05, 0.1) is 12.4 Å². The minimum absolute atomic E-state index is 0.154. The summed E-state index contributed by atoms with van der Waals surface area (Å²) in [5.74, 6) is 0.877. The average Bonchev–Trinajstić information content (AvgIpc) is 2.30. The minimum Gasteiger partial charge on any atom is -0.395 e. The molecule has 0 spiro atoms. The van der Waals surface area contributed by atoms with E-state index in [1.54, 1.807) is 0 Å². The Kier molecular flexibility index (Phi) is 8.24. The molecule has 0 aromatic rings. The number of nitrogens with zero attached hydrogens (tertiary/aromatic N) is 1. The Morgan fingerprint density at radius 3 is 2.41 bits per heavy atom. The molecule has 0 aromatic carbocycles. The highest BCUT2D eigenvalue weighted by atomic mass is 16.3. The van der Waals surface area contributed by atoms with Crippen molar-refractivity contribution in [2.75, 3.05) is 26.2 Å². The molecule has 0 saturated carbocycles. The van der Waals surface area contributed by atoms with Gasteiger partial charge in [0.2, 0.25) is 0 Å². The molecule has 3 nitrogen and oxygen atoms in total. The second-order valence-electron chi connectivity index (χ2n) is 4.16. The van der Waals surface area contributed by atoms with Crippen LogP contribution in [0.3, 0.4) is 0 Å². The molecule has 0 bridgehead atoms. The molecule has 2 N–H and O–H groups in total. The maximum Gasteiger partial charge on any atom is 0.0939 e. The van der Waals surface area contributed by atoms with Gasteiger partial charge in [-0.25, -0.2) is 0 Å². The monoisotopic (exact) mass is 238 g/mol. The first kappa shape index (κ1) is 15.8. The van der Waals surface area contributed by atoms with Gasteiger partial charge < -0.3 is 15.3 Å². The molecule has 0 rings (SSSR count). The molecule has 98 valence electrons. The number of hydrogen-bond donors (Lipinski definition) is 2. The zero-order valence-electron chi connectivity index (χ0n) is 11.3. The number of likely N-dealkylation sites (N-methyl/N-ethyl adjacent to an activating group) is 1. The summed E-state index contributed by atoms with van der Waals surface area (Å²) in [7, 11) is 0. The fourth-order valence-corrected chi connectivity index (χ4v) is 1.46. The van der Waals surface area contributed by atoms with E-state index >= 15 is 0 Å². The van der Waals surface area contributed by atoms with Gasteiger partial charge in [0.25, 0.3) is 0 Å². The number of hydrogen-bond acceptors (Lipinski definition) is 3. The van der Waals surface area contributed by atoms with Crippen LogP contribution in [0.1, 0.15) is 26.7 Å². The van der Waals surface area contributed by atoms with Gasteiger partial charge in [0, 0.05) is 19.6 Å². The van der Waals surface area contributed by atoms with Crippen LogP contribution >= 0.6 is 0 Å². The second kappa shape index (κ2) is 8.88. The quantitative estimate of drug-likeness (QED) is 0.453. The molecule has 0 aliphatic rings. The normalized spacial score (nSPS) is 9.82. The molecule has 0 unspecified atom stereocenters. The van der Waals surface area contributed by atoms with Crippen LogP contribution in [0, 0.1) is 0 Å². The van der Waals surface area contributed by atoms with E-state index < -0.39 is 0 Å². The van der Waals surface area contributed by atoms with Crippen molar-refractivity contribution in [3.63, 3.8) is 0 Å². The van der Waals surface area contributed by atoms with Gasteiger partial charge in [-0.1, -0.05) is 30.9 Å². The summed E-state index contributed by atoms with van der Waals surface area (Å²) in [4.78, 5) is 2.02. The van der Waals surface area contributed by atoms with Crippen LogP contribution < -0.4 is 5.32 Å². The second-order valence-corrected chi connectivity index (χ2v) is 4.16. The fraction of sp³-hybridized carbons (Fsp3) is 0.571. The Bertz CT molecular complexity index is 271. The third kappa shape index (κ3) is 6.84. The molecular weight excluding hydrogens is 212 g/mol. The predicted octanol–water partition coefficient (Wildman–Crippen LogP) is 2.27. The molecule has 17 heavy (non-hydrogen) atoms. The lowest BCUT2D eigenvalue weighted by Gasteiger charge is -2.25. The standard InChI is InChI=1S/C14H26N2O/c1-6-16(10-11-17)14(5)15-9-7-8-13(4)12(2)3/h15,17H,2,4-11H2,1,3H3. The number of aliphatic hydroxyl groups is 1. The van der Waals surface area contributed by atoms with E-state index in [1.165, 1.54) is 0 Å². The van der Waals surface area contributed by atoms with Gasteiger partial charge in [0.15, 0.2) is 0 Å². The lowest BCUT2D eigenvalue weighted by atomic mass is 10.1. The van der Waals surface area contributed by atoms with Crippen LogP contribution in [0.4, 0.5) is 0 Å². The van der Waals surface area contributed by atoms with Gasteiger partial charge in [-0.2, -0.15) is 0 Å². The van der Waals surface area contributed by atoms with Crippen LogP contribution in [0.15, 0.2) is 36.7 Å². The molecule has 0 radical (unpaired) electrons. The molecule has 0 aliphatic carbocycles. The summed E-state index contributed by atoms with van der Waals surface area (Å²) < 4.78 is 0. The highest BCUT2D eigenvalue weighted by molar-refractivity contribution is 5.22. The van der Waals surface area contributed by atoms with E-state index in [1.807, 2.05) is 18.7 Å². The summed E-state index contributed by atoms with van der Waals surface area (Å²) in [5, 5.41) is 12.2. The molecule has 3 heteroatoms. The maximum atomic E-state index is 8.89. The van der Waals surface area contributed by atoms with Gasteiger partial charge in [-0.3, -0.25) is 0 Å². The predicted molar refractivity (Wildman–Crippen MR) is 74.7 cm³/mol. The first-order valence-corrected chi connectivity index (χ1v) is 6.15. The largest absolute Gasteiger partial charge is 0.395 e. The van der Waals surface area contributed by atoms with Crippen LogP contribution in [0.25, 0.3) is 0 Å². The van der Waals surface area contributed by atoms with E-state index in [4.69, 9.17) is 5.11 Å². The van der Waals surface area contributed by atoms with Gasteiger partial charge in [0.1, 0.15) is 0 Å². The SMILES string of the molecule is C=C(C)C(=C)CCCNC(=C)N(CC)CCO. The zero-order valence-corrected chi connectivity index (χ0v) is 11.3. The van der Waals surface area contributed by atoms with Crippen LogP contribution in [0.5, 0.6) is 0 Å². The molecule has 0 heterocycles. The van der Waals surface area contributed by atoms with Crippen molar-refractivity contribution in [2.45, 2.75) is 26.7 Å². The molecule has 0 atom stereocenters. The van der Waals surface area contributed by atoms with Crippen LogP contribution in [0.2, 0.25) is 0 Å². The van der Waals surface area contributed by atoms with Crippen LogP contribution in [-0.2, 0) is 0 Å². The first-order chi connectivity index (χ1) is 8.02. The smallest absolute Gasteiger partial charge is 0.0939 e. The summed E-state index contributed by atoms with van der Waals surface area (Å²) >= 11 is 0. The Hall–Kier alpha value is -1.22. The van der Waals surface area contributed by atoms with E-state index in [9.17, 15) is 0 Å². The number of nitrogens with one attached hydrogen (secondary N) is 1. The van der Waals surface area contributed by atoms with Crippen molar-refractivity contribution in [3.8, 4) is 0 Å². The minimum atomic E-state index is 0.154. The third-order valence-electron chi connectivity index (χ3n) is 2.72. The molecule has 0 aliphatic heterocycles. The lowest BCUT2D eigenvalue weighted by Crippen LogP contribution is -2.33. The summed E-state index contributed by atoms with van der Waals surface area (Å²) in [6.07, 6.45) is 1.98. The van der Waals surface area contributed by atoms with E-state index in [0.29, 0.717) is 6.54 Å². The Balaban J connectivity index is 3.77.